The summed E-state index contributed by atoms with van der Waals surface area (Å²) in [7, 11) is -16.9. The van der Waals surface area contributed by atoms with Crippen LogP contribution in [0.4, 0.5) is 4.39 Å². The minimum absolute atomic E-state index is 0.628. The molecule has 1 saturated heterocycles. The molecule has 2 unspecified atom stereocenters. The molecule has 0 aliphatic carbocycles. The predicted molar refractivity (Wildman–Crippen MR) is 86.0 cm³/mol. The summed E-state index contributed by atoms with van der Waals surface area (Å²) < 4.78 is 64.3. The molecule has 6 N–H and O–H groups in total. The summed E-state index contributed by atoms with van der Waals surface area (Å²) in [6.07, 6.45) is -6.83. The van der Waals surface area contributed by atoms with E-state index in [-0.39, 0.29) is 0 Å². The van der Waals surface area contributed by atoms with E-state index in [1.165, 1.54) is 0 Å². The number of nitrogens with one attached hydrogen (secondary N) is 1. The summed E-state index contributed by atoms with van der Waals surface area (Å²) in [4.78, 5) is 59.7. The zero-order valence-corrected chi connectivity index (χ0v) is 16.4. The molecule has 0 bridgehead atoms. The molecule has 166 valence electrons. The number of rotatable bonds is 8. The normalized spacial score (nSPS) is 29.3. The number of alkyl halides is 1. The molecule has 2 rings (SSSR count). The highest BCUT2D eigenvalue weighted by Crippen LogP contribution is 2.66. The number of halogens is 1. The third-order valence-electron chi connectivity index (χ3n) is 3.23. The van der Waals surface area contributed by atoms with Gasteiger partial charge in [-0.05, 0) is 0 Å². The average Bonchev–Trinajstić information content (AvgIpc) is 2.78. The van der Waals surface area contributed by atoms with Crippen molar-refractivity contribution >= 4 is 23.5 Å². The fraction of sp³-hybridized carbons (Fsp3) is 0.556. The van der Waals surface area contributed by atoms with E-state index in [0.717, 1.165) is 12.3 Å². The molecule has 2 heterocycles. The van der Waals surface area contributed by atoms with E-state index >= 15 is 0 Å². The van der Waals surface area contributed by atoms with Gasteiger partial charge in [0.1, 0.15) is 12.2 Å². The van der Waals surface area contributed by atoms with Crippen LogP contribution >= 0.6 is 23.5 Å². The molecule has 16 nitrogen and oxygen atoms in total. The number of aliphatic hydroxyl groups is 1. The van der Waals surface area contributed by atoms with E-state index in [0.29, 0.717) is 4.57 Å². The SMILES string of the molecule is O=c1ccn([C@@H]2O[C@H](COP(=O)(O)OP(=O)(O)OP(=O)(O)O)[C@@H](F)[C@H]2O)c(=O)[nH]1. The van der Waals surface area contributed by atoms with Crippen LogP contribution in [0.3, 0.4) is 0 Å². The lowest BCUT2D eigenvalue weighted by atomic mass is 10.1. The zero-order chi connectivity index (χ0) is 22.2. The molecule has 0 amide bonds. The molecule has 0 saturated carbocycles. The van der Waals surface area contributed by atoms with E-state index in [4.69, 9.17) is 19.4 Å². The molecular formula is C9H14FN2O14P3. The van der Waals surface area contributed by atoms with Crippen molar-refractivity contribution in [3.63, 3.8) is 0 Å². The first-order valence-electron chi connectivity index (χ1n) is 7.18. The fourth-order valence-corrected chi connectivity index (χ4v) is 5.20. The second-order valence-corrected chi connectivity index (χ2v) is 9.82. The minimum Gasteiger partial charge on any atom is -0.385 e. The van der Waals surface area contributed by atoms with Crippen LogP contribution in [-0.4, -0.2) is 59.2 Å². The lowest BCUT2D eigenvalue weighted by molar-refractivity contribution is -0.0531. The second-order valence-electron chi connectivity index (χ2n) is 5.40. The average molecular weight is 486 g/mol. The van der Waals surface area contributed by atoms with Crippen molar-refractivity contribution < 1.29 is 60.6 Å². The Balaban J connectivity index is 2.06. The molecule has 1 aromatic rings. The molecule has 1 aliphatic heterocycles. The molecule has 1 fully saturated rings. The van der Waals surface area contributed by atoms with Crippen LogP contribution in [0.5, 0.6) is 0 Å². The van der Waals surface area contributed by atoms with Gasteiger partial charge in [-0.2, -0.15) is 8.62 Å². The highest BCUT2D eigenvalue weighted by atomic mass is 31.3. The quantitative estimate of drug-likeness (QED) is 0.229. The number of H-pyrrole nitrogens is 1. The molecule has 1 aliphatic rings. The third-order valence-corrected chi connectivity index (χ3v) is 7.03. The van der Waals surface area contributed by atoms with Crippen LogP contribution in [0.1, 0.15) is 6.23 Å². The lowest BCUT2D eigenvalue weighted by Gasteiger charge is -2.18. The molecule has 0 aromatic carbocycles. The third kappa shape index (κ3) is 6.72. The van der Waals surface area contributed by atoms with Gasteiger partial charge < -0.3 is 29.4 Å². The first kappa shape index (κ1) is 24.2. The summed E-state index contributed by atoms with van der Waals surface area (Å²) >= 11 is 0. The maximum Gasteiger partial charge on any atom is 0.490 e. The van der Waals surface area contributed by atoms with Gasteiger partial charge in [-0.3, -0.25) is 18.9 Å². The maximum absolute atomic E-state index is 14.2. The van der Waals surface area contributed by atoms with E-state index in [9.17, 15) is 37.7 Å². The number of phosphoric ester groups is 1. The molecule has 29 heavy (non-hydrogen) atoms. The van der Waals surface area contributed by atoms with Crippen molar-refractivity contribution in [3.05, 3.63) is 33.1 Å². The van der Waals surface area contributed by atoms with Crippen LogP contribution in [0.15, 0.2) is 21.9 Å². The number of hydrogen-bond donors (Lipinski definition) is 6. The van der Waals surface area contributed by atoms with E-state index < -0.39 is 65.9 Å². The monoisotopic (exact) mass is 486 g/mol. The summed E-state index contributed by atoms with van der Waals surface area (Å²) in [5, 5.41) is 9.86. The Hall–Kier alpha value is -1.06. The number of hydrogen-bond acceptors (Lipinski definition) is 10. The number of aromatic amines is 1. The molecule has 0 spiro atoms. The summed E-state index contributed by atoms with van der Waals surface area (Å²) in [5.41, 5.74) is -1.83. The van der Waals surface area contributed by atoms with Gasteiger partial charge in [-0.25, -0.2) is 22.9 Å². The number of nitrogens with zero attached hydrogens (tertiary/aromatic N) is 1. The molecule has 6 atom stereocenters. The van der Waals surface area contributed by atoms with Crippen molar-refractivity contribution in [2.24, 2.45) is 0 Å². The lowest BCUT2D eigenvalue weighted by Crippen LogP contribution is -2.36. The predicted octanol–water partition coefficient (Wildman–Crippen LogP) is -1.52. The Morgan fingerprint density at radius 3 is 2.31 bits per heavy atom. The van der Waals surface area contributed by atoms with Gasteiger partial charge in [0.15, 0.2) is 12.4 Å². The summed E-state index contributed by atoms with van der Waals surface area (Å²) in [6.45, 7) is -1.17. The van der Waals surface area contributed by atoms with E-state index in [2.05, 4.69) is 13.1 Å². The summed E-state index contributed by atoms with van der Waals surface area (Å²) in [6, 6.07) is 0.879. The number of phosphoric acid groups is 3. The van der Waals surface area contributed by atoms with Crippen LogP contribution in [0.25, 0.3) is 0 Å². The maximum atomic E-state index is 14.2. The van der Waals surface area contributed by atoms with Crippen LogP contribution in [0, 0.1) is 0 Å². The van der Waals surface area contributed by atoms with Crippen LogP contribution in [-0.2, 0) is 31.6 Å². The summed E-state index contributed by atoms with van der Waals surface area (Å²) in [5.74, 6) is 0. The van der Waals surface area contributed by atoms with Gasteiger partial charge in [0, 0.05) is 12.3 Å². The Morgan fingerprint density at radius 2 is 1.76 bits per heavy atom. The number of ether oxygens (including phenoxy) is 1. The van der Waals surface area contributed by atoms with Gasteiger partial charge >= 0.3 is 29.2 Å². The van der Waals surface area contributed by atoms with Crippen molar-refractivity contribution in [3.8, 4) is 0 Å². The minimum atomic E-state index is -5.76. The van der Waals surface area contributed by atoms with Crippen molar-refractivity contribution in [2.75, 3.05) is 6.61 Å². The van der Waals surface area contributed by atoms with E-state index in [1.54, 1.807) is 0 Å². The molecular weight excluding hydrogens is 472 g/mol. The van der Waals surface area contributed by atoms with Crippen LogP contribution in [0.2, 0.25) is 0 Å². The highest BCUT2D eigenvalue weighted by Gasteiger charge is 2.47. The van der Waals surface area contributed by atoms with Crippen molar-refractivity contribution in [1.82, 2.24) is 9.55 Å². The molecule has 20 heteroatoms. The topological polar surface area (TPSA) is 244 Å². The Bertz CT molecular complexity index is 1000. The van der Waals surface area contributed by atoms with E-state index in [1.807, 2.05) is 4.98 Å². The Labute approximate surface area is 158 Å². The standard InChI is InChI=1S/C9H14FN2O14P3/c10-6-4(3-23-28(19,20)26-29(21,22)25-27(16,17)18)24-8(7(6)14)12-2-1-5(13)11-9(12)15/h1-2,4,6-8,14H,3H2,(H,19,20)(H,21,22)(H,11,13,15)(H2,16,17,18)/t4-,6-,7-,8-/m1/s1. The van der Waals surface area contributed by atoms with Gasteiger partial charge in [0.25, 0.3) is 5.56 Å². The smallest absolute Gasteiger partial charge is 0.385 e. The first-order chi connectivity index (χ1) is 13.1. The van der Waals surface area contributed by atoms with Gasteiger partial charge in [-0.15, -0.1) is 0 Å². The molecule has 1 aromatic heterocycles. The Morgan fingerprint density at radius 1 is 1.14 bits per heavy atom. The van der Waals surface area contributed by atoms with Crippen molar-refractivity contribution in [1.29, 1.82) is 0 Å². The highest BCUT2D eigenvalue weighted by molar-refractivity contribution is 7.66. The zero-order valence-electron chi connectivity index (χ0n) is 13.7. The molecule has 0 radical (unpaired) electrons. The largest absolute Gasteiger partial charge is 0.490 e. The van der Waals surface area contributed by atoms with Crippen LogP contribution < -0.4 is 11.2 Å². The number of aliphatic hydroxyl groups excluding tert-OH is 1. The van der Waals surface area contributed by atoms with Gasteiger partial charge in [0.05, 0.1) is 6.61 Å². The second kappa shape index (κ2) is 8.59. The fourth-order valence-electron chi connectivity index (χ4n) is 2.17. The van der Waals surface area contributed by atoms with Gasteiger partial charge in [-0.1, -0.05) is 0 Å². The van der Waals surface area contributed by atoms with Gasteiger partial charge in [0.2, 0.25) is 0 Å². The van der Waals surface area contributed by atoms with Crippen molar-refractivity contribution in [2.45, 2.75) is 24.6 Å². The first-order valence-corrected chi connectivity index (χ1v) is 11.7. The Kier molecular flexibility index (Phi) is 7.17. The number of aromatic nitrogens is 2.